The van der Waals surface area contributed by atoms with E-state index >= 15 is 0 Å². The van der Waals surface area contributed by atoms with Gasteiger partial charge in [0, 0.05) is 11.1 Å². The Bertz CT molecular complexity index is 919. The van der Waals surface area contributed by atoms with Gasteiger partial charge in [0.15, 0.2) is 0 Å². The molecule has 0 radical (unpaired) electrons. The molecule has 0 aliphatic carbocycles. The van der Waals surface area contributed by atoms with E-state index in [0.717, 1.165) is 5.76 Å². The number of phenols is 2. The van der Waals surface area contributed by atoms with Crippen molar-refractivity contribution in [3.05, 3.63) is 83.3 Å². The molecule has 0 bridgehead atoms. The van der Waals surface area contributed by atoms with Gasteiger partial charge in [0.05, 0.1) is 0 Å². The molecule has 0 spiro atoms. The number of halogens is 4. The van der Waals surface area contributed by atoms with Gasteiger partial charge in [-0.2, -0.15) is 0 Å². The van der Waals surface area contributed by atoms with Crippen molar-refractivity contribution in [2.24, 2.45) is 0 Å². The number of aromatic hydroxyl groups is 2. The topological polar surface area (TPSA) is 53.6 Å². The molecule has 0 saturated carbocycles. The summed E-state index contributed by atoms with van der Waals surface area (Å²) in [6.07, 6.45) is 1.66. The number of benzene rings is 2. The summed E-state index contributed by atoms with van der Waals surface area (Å²) in [6, 6.07) is 11.8. The average Bonchev–Trinajstić information content (AvgIpc) is 3.19. The van der Waals surface area contributed by atoms with E-state index in [1.165, 1.54) is 36.4 Å². The molecule has 2 aromatic carbocycles. The molecule has 3 rings (SSSR count). The van der Waals surface area contributed by atoms with Gasteiger partial charge in [-0.3, -0.25) is 0 Å². The zero-order valence-electron chi connectivity index (χ0n) is 19.6. The Morgan fingerprint density at radius 3 is 1.36 bits per heavy atom. The van der Waals surface area contributed by atoms with Gasteiger partial charge >= 0.3 is 52.9 Å². The van der Waals surface area contributed by atoms with Crippen LogP contribution in [0.5, 0.6) is 11.5 Å². The van der Waals surface area contributed by atoms with Crippen LogP contribution >= 0.6 is 0 Å². The first-order chi connectivity index (χ1) is 14.3. The first-order valence-electron chi connectivity index (χ1n) is 9.77. The van der Waals surface area contributed by atoms with Crippen molar-refractivity contribution in [1.82, 2.24) is 0 Å². The molecule has 0 amide bonds. The number of phenolic OH excluding ortho intramolecular Hbond substituents is 2. The molecule has 0 atom stereocenters. The molecule has 33 heavy (non-hydrogen) atoms. The average molecular weight is 535 g/mol. The monoisotopic (exact) mass is 534 g/mol. The second-order valence-electron chi connectivity index (χ2n) is 8.98. The van der Waals surface area contributed by atoms with Gasteiger partial charge in [-0.15, -0.1) is 0 Å². The number of rotatable bonds is 1. The summed E-state index contributed by atoms with van der Waals surface area (Å²) in [4.78, 5) is 0. The van der Waals surface area contributed by atoms with E-state index in [-0.39, 0.29) is 58.8 Å². The maximum absolute atomic E-state index is 12.8. The van der Waals surface area contributed by atoms with E-state index in [1.807, 2.05) is 78.0 Å². The normalized spacial score (nSPS) is 10.3. The van der Waals surface area contributed by atoms with Gasteiger partial charge in [-0.25, -0.2) is 8.78 Å². The molecule has 0 saturated heterocycles. The van der Waals surface area contributed by atoms with Crippen LogP contribution in [0.1, 0.15) is 58.4 Å². The Morgan fingerprint density at radius 2 is 1.15 bits per heavy atom. The molecular weight excluding hydrogens is 505 g/mol. The molecule has 0 aliphatic heterocycles. The Labute approximate surface area is 219 Å². The van der Waals surface area contributed by atoms with Crippen LogP contribution in [-0.2, 0) is 30.8 Å². The van der Waals surface area contributed by atoms with Crippen LogP contribution in [0.25, 0.3) is 0 Å². The molecule has 3 aromatic rings. The first kappa shape index (κ1) is 33.5. The summed E-state index contributed by atoms with van der Waals surface area (Å²) in [5.41, 5.74) is 0.850. The fourth-order valence-corrected chi connectivity index (χ4v) is 2.85. The van der Waals surface area contributed by atoms with E-state index in [4.69, 9.17) is 4.42 Å². The van der Waals surface area contributed by atoms with Crippen molar-refractivity contribution in [2.75, 3.05) is 0 Å². The molecule has 0 unspecified atom stereocenters. The predicted octanol–water partition coefficient (Wildman–Crippen LogP) is 0.642. The van der Waals surface area contributed by atoms with E-state index < -0.39 is 0 Å². The van der Waals surface area contributed by atoms with Gasteiger partial charge in [0.25, 0.3) is 0 Å². The van der Waals surface area contributed by atoms with Crippen LogP contribution in [0.15, 0.2) is 59.2 Å². The number of furan rings is 1. The van der Waals surface area contributed by atoms with E-state index in [1.54, 1.807) is 6.26 Å². The second-order valence-corrected chi connectivity index (χ2v) is 9.43. The zero-order chi connectivity index (χ0) is 23.8. The molecule has 0 aliphatic rings. The second kappa shape index (κ2) is 14.6. The van der Waals surface area contributed by atoms with E-state index in [0.29, 0.717) is 11.1 Å². The molecule has 1 aromatic heterocycles. The molecule has 182 valence electrons. The third-order valence-electron chi connectivity index (χ3n) is 4.22. The van der Waals surface area contributed by atoms with Gasteiger partial charge in [-0.05, 0) is 47.2 Å². The third-order valence-corrected chi connectivity index (χ3v) is 4.66. The van der Waals surface area contributed by atoms with Crippen LogP contribution in [0.4, 0.5) is 8.78 Å². The number of hydrogen-bond acceptors (Lipinski definition) is 3. The van der Waals surface area contributed by atoms with Crippen molar-refractivity contribution in [3.63, 3.8) is 0 Å². The summed E-state index contributed by atoms with van der Waals surface area (Å²) in [5, 5.41) is 18.8. The first-order valence-corrected chi connectivity index (χ1v) is 10.7. The summed E-state index contributed by atoms with van der Waals surface area (Å²) in [7, 11) is 0. The van der Waals surface area contributed by atoms with Crippen molar-refractivity contribution in [3.8, 4) is 11.5 Å². The fraction of sp³-hybridized carbons (Fsp3) is 0.320. The summed E-state index contributed by atoms with van der Waals surface area (Å²) >= 11 is 1.94. The van der Waals surface area contributed by atoms with Crippen molar-refractivity contribution in [1.29, 1.82) is 0 Å². The van der Waals surface area contributed by atoms with Gasteiger partial charge in [0.2, 0.25) is 0 Å². The summed E-state index contributed by atoms with van der Waals surface area (Å²) in [6.45, 7) is 11.6. The molecule has 3 nitrogen and oxygen atoms in total. The summed E-state index contributed by atoms with van der Waals surface area (Å²) in [5.74, 6) is 0.628. The van der Waals surface area contributed by atoms with Crippen LogP contribution in [-0.4, -0.2) is 14.5 Å². The fourth-order valence-electron chi connectivity index (χ4n) is 2.59. The maximum atomic E-state index is 12.8. The minimum absolute atomic E-state index is 0. The van der Waals surface area contributed by atoms with E-state index in [9.17, 15) is 19.0 Å². The SMILES string of the molecule is CC(C)(C)c1cc(F)ccc1O.CC(C)(C)c1cc(F)ccc1O.[Cl-].[Cl-].[Ti]=[CH]c1ccco1. The van der Waals surface area contributed by atoms with Crippen LogP contribution in [0.3, 0.4) is 0 Å². The van der Waals surface area contributed by atoms with Crippen LogP contribution < -0.4 is 24.8 Å². The van der Waals surface area contributed by atoms with Crippen molar-refractivity contribution in [2.45, 2.75) is 52.4 Å². The summed E-state index contributed by atoms with van der Waals surface area (Å²) < 4.78 is 32.4. The van der Waals surface area contributed by atoms with Crippen LogP contribution in [0, 0.1) is 11.6 Å². The standard InChI is InChI=1S/2C10H13FO.C5H4O.2ClH.Ti/c2*1-10(2,3)8-6-7(11)4-5-9(8)12;1-5-3-2-4-6-5;;;/h2*4-6,12H,1-3H3;1-4H;2*1H;/p-2. The zero-order valence-corrected chi connectivity index (χ0v) is 22.7. The Balaban J connectivity index is 0. The molecule has 8 heteroatoms. The van der Waals surface area contributed by atoms with E-state index in [2.05, 4.69) is 0 Å². The van der Waals surface area contributed by atoms with Crippen molar-refractivity contribution >= 4 is 4.31 Å². The Morgan fingerprint density at radius 1 is 0.758 bits per heavy atom. The predicted molar refractivity (Wildman–Crippen MR) is 117 cm³/mol. The van der Waals surface area contributed by atoms with Gasteiger partial charge in [0.1, 0.15) is 23.1 Å². The minimum atomic E-state index is -0.308. The Kier molecular flexibility index (Phi) is 14.8. The van der Waals surface area contributed by atoms with Crippen LogP contribution in [0.2, 0.25) is 0 Å². The quantitative estimate of drug-likeness (QED) is 0.451. The van der Waals surface area contributed by atoms with Gasteiger partial charge in [-0.1, -0.05) is 41.5 Å². The van der Waals surface area contributed by atoms with Crippen molar-refractivity contribution < 1.29 is 68.2 Å². The third kappa shape index (κ3) is 11.9. The Hall–Kier alpha value is -1.66. The number of hydrogen-bond donors (Lipinski definition) is 2. The van der Waals surface area contributed by atoms with Gasteiger partial charge < -0.3 is 35.0 Å². The molecule has 0 fully saturated rings. The molecule has 2 N–H and O–H groups in total. The molecule has 1 heterocycles. The molecular formula is C25H30Cl2F2O3Ti-2.